The van der Waals surface area contributed by atoms with Gasteiger partial charge in [-0.05, 0) is 81.0 Å². The van der Waals surface area contributed by atoms with Crippen LogP contribution < -0.4 is 10.1 Å². The third kappa shape index (κ3) is 6.04. The average Bonchev–Trinajstić information content (AvgIpc) is 2.75. The number of rotatable bonds is 8. The van der Waals surface area contributed by atoms with Gasteiger partial charge in [-0.1, -0.05) is 18.3 Å². The molecule has 0 aromatic heterocycles. The Morgan fingerprint density at radius 2 is 2.00 bits per heavy atom. The molecule has 7 heteroatoms. The molecule has 172 valence electrons. The Balaban J connectivity index is 1.69. The predicted molar refractivity (Wildman–Crippen MR) is 127 cm³/mol. The van der Waals surface area contributed by atoms with Crippen molar-refractivity contribution in [3.8, 4) is 5.75 Å². The van der Waals surface area contributed by atoms with Crippen LogP contribution in [-0.4, -0.2) is 35.4 Å². The minimum Gasteiger partial charge on any atom is -0.493 e. The molecule has 0 spiro atoms. The number of benzene rings is 2. The number of nitrogens with one attached hydrogen (secondary N) is 1. The van der Waals surface area contributed by atoms with Gasteiger partial charge in [0.25, 0.3) is 0 Å². The fraction of sp³-hybridized carbons (Fsp3) is 0.440. The van der Waals surface area contributed by atoms with Crippen LogP contribution in [0.1, 0.15) is 60.8 Å². The Kier molecular flexibility index (Phi) is 8.21. The van der Waals surface area contributed by atoms with Gasteiger partial charge in [0.05, 0.1) is 24.3 Å². The Labute approximate surface area is 193 Å². The third-order valence-corrected chi connectivity index (χ3v) is 6.13. The van der Waals surface area contributed by atoms with Gasteiger partial charge >= 0.3 is 5.97 Å². The SMILES string of the molecule is Cc1cc(OCCC2CCCCO2)cc(C)c1C(=S)Nc1cc(C(C)C(=O)O)ccc1F. The van der Waals surface area contributed by atoms with Gasteiger partial charge in [0.2, 0.25) is 0 Å². The van der Waals surface area contributed by atoms with Gasteiger partial charge in [-0.3, -0.25) is 4.79 Å². The van der Waals surface area contributed by atoms with Gasteiger partial charge in [-0.25, -0.2) is 4.39 Å². The Bertz CT molecular complexity index is 965. The summed E-state index contributed by atoms with van der Waals surface area (Å²) in [6.07, 6.45) is 4.57. The fourth-order valence-electron chi connectivity index (χ4n) is 3.94. The molecule has 1 heterocycles. The van der Waals surface area contributed by atoms with E-state index in [4.69, 9.17) is 21.7 Å². The zero-order valence-corrected chi connectivity index (χ0v) is 19.6. The van der Waals surface area contributed by atoms with Crippen LogP contribution in [-0.2, 0) is 9.53 Å². The minimum absolute atomic E-state index is 0.159. The van der Waals surface area contributed by atoms with Gasteiger partial charge in [-0.15, -0.1) is 0 Å². The quantitative estimate of drug-likeness (QED) is 0.490. The molecule has 2 aromatic rings. The molecule has 2 atom stereocenters. The number of halogens is 1. The molecule has 2 N–H and O–H groups in total. The molecule has 3 rings (SSSR count). The molecule has 1 aliphatic rings. The second-order valence-electron chi connectivity index (χ2n) is 8.31. The van der Waals surface area contributed by atoms with E-state index in [9.17, 15) is 14.3 Å². The van der Waals surface area contributed by atoms with Gasteiger partial charge in [0, 0.05) is 18.6 Å². The average molecular weight is 460 g/mol. The lowest BCUT2D eigenvalue weighted by molar-refractivity contribution is -0.138. The number of hydrogen-bond acceptors (Lipinski definition) is 4. The number of aryl methyl sites for hydroxylation is 2. The molecule has 0 amide bonds. The number of carbonyl (C=O) groups is 1. The van der Waals surface area contributed by atoms with E-state index in [2.05, 4.69) is 5.32 Å². The first-order valence-corrected chi connectivity index (χ1v) is 11.4. The van der Waals surface area contributed by atoms with Crippen LogP contribution in [0, 0.1) is 19.7 Å². The smallest absolute Gasteiger partial charge is 0.310 e. The summed E-state index contributed by atoms with van der Waals surface area (Å²) in [4.78, 5) is 11.6. The van der Waals surface area contributed by atoms with E-state index < -0.39 is 17.7 Å². The van der Waals surface area contributed by atoms with E-state index in [1.165, 1.54) is 24.6 Å². The van der Waals surface area contributed by atoms with Crippen molar-refractivity contribution in [2.75, 3.05) is 18.5 Å². The maximum absolute atomic E-state index is 14.4. The highest BCUT2D eigenvalue weighted by Gasteiger charge is 2.18. The summed E-state index contributed by atoms with van der Waals surface area (Å²) in [6, 6.07) is 8.08. The molecule has 0 aliphatic carbocycles. The summed E-state index contributed by atoms with van der Waals surface area (Å²) in [7, 11) is 0. The second kappa shape index (κ2) is 10.9. The largest absolute Gasteiger partial charge is 0.493 e. The van der Waals surface area contributed by atoms with Crippen LogP contribution >= 0.6 is 12.2 Å². The first-order chi connectivity index (χ1) is 15.3. The zero-order chi connectivity index (χ0) is 23.3. The number of aliphatic carboxylic acids is 1. The summed E-state index contributed by atoms with van der Waals surface area (Å²) in [5, 5.41) is 12.2. The number of hydrogen-bond donors (Lipinski definition) is 2. The van der Waals surface area contributed by atoms with E-state index in [1.54, 1.807) is 6.92 Å². The number of ether oxygens (including phenoxy) is 2. The first kappa shape index (κ1) is 24.1. The molecule has 1 saturated heterocycles. The maximum atomic E-state index is 14.4. The van der Waals surface area contributed by atoms with Crippen LogP contribution in [0.2, 0.25) is 0 Å². The highest BCUT2D eigenvalue weighted by molar-refractivity contribution is 7.81. The fourth-order valence-corrected chi connectivity index (χ4v) is 4.38. The molecule has 5 nitrogen and oxygen atoms in total. The van der Waals surface area contributed by atoms with Crippen LogP contribution in [0.25, 0.3) is 0 Å². The normalized spacial score (nSPS) is 16.9. The third-order valence-electron chi connectivity index (χ3n) is 5.82. The lowest BCUT2D eigenvalue weighted by atomic mass is 10.00. The van der Waals surface area contributed by atoms with Crippen molar-refractivity contribution in [2.45, 2.75) is 58.5 Å². The molecule has 1 fully saturated rings. The zero-order valence-electron chi connectivity index (χ0n) is 18.7. The Hall–Kier alpha value is -2.51. The molecule has 1 aliphatic heterocycles. The molecular weight excluding hydrogens is 429 g/mol. The van der Waals surface area contributed by atoms with E-state index in [-0.39, 0.29) is 11.8 Å². The van der Waals surface area contributed by atoms with Crippen molar-refractivity contribution in [2.24, 2.45) is 0 Å². The van der Waals surface area contributed by atoms with Crippen LogP contribution in [0.3, 0.4) is 0 Å². The van der Waals surface area contributed by atoms with Crippen molar-refractivity contribution in [1.82, 2.24) is 0 Å². The number of carboxylic acid groups (broad SMARTS) is 1. The van der Waals surface area contributed by atoms with E-state index in [0.29, 0.717) is 17.2 Å². The predicted octanol–water partition coefficient (Wildman–Crippen LogP) is 5.76. The second-order valence-corrected chi connectivity index (χ2v) is 8.72. The lowest BCUT2D eigenvalue weighted by Gasteiger charge is -2.22. The molecule has 32 heavy (non-hydrogen) atoms. The highest BCUT2D eigenvalue weighted by atomic mass is 32.1. The number of thiocarbonyl (C=S) groups is 1. The standard InChI is InChI=1S/C25H30FNO4S/c1-15-12-20(31-11-9-19-6-4-5-10-30-19)13-16(2)23(15)24(32)27-22-14-18(7-8-21(22)26)17(3)25(28)29/h7-8,12-14,17,19H,4-6,9-11H2,1-3H3,(H,27,32)(H,28,29). The Morgan fingerprint density at radius 3 is 2.62 bits per heavy atom. The van der Waals surface area contributed by atoms with Crippen LogP contribution in [0.5, 0.6) is 5.75 Å². The summed E-state index contributed by atoms with van der Waals surface area (Å²) in [6.45, 7) is 6.86. The maximum Gasteiger partial charge on any atom is 0.310 e. The molecular formula is C25H30FNO4S. The number of carboxylic acids is 1. The van der Waals surface area contributed by atoms with Crippen LogP contribution in [0.4, 0.5) is 10.1 Å². The highest BCUT2D eigenvalue weighted by Crippen LogP contribution is 2.27. The summed E-state index contributed by atoms with van der Waals surface area (Å²) in [5.41, 5.74) is 3.30. The lowest BCUT2D eigenvalue weighted by Crippen LogP contribution is -2.21. The monoisotopic (exact) mass is 459 g/mol. The molecule has 0 radical (unpaired) electrons. The van der Waals surface area contributed by atoms with Gasteiger partial charge in [-0.2, -0.15) is 0 Å². The van der Waals surface area contributed by atoms with E-state index in [0.717, 1.165) is 48.3 Å². The van der Waals surface area contributed by atoms with Crippen molar-refractivity contribution in [3.05, 3.63) is 58.4 Å². The van der Waals surface area contributed by atoms with Crippen molar-refractivity contribution >= 4 is 28.9 Å². The summed E-state index contributed by atoms with van der Waals surface area (Å²) in [5.74, 6) is -1.44. The van der Waals surface area contributed by atoms with Crippen molar-refractivity contribution < 1.29 is 23.8 Å². The van der Waals surface area contributed by atoms with Gasteiger partial charge in [0.15, 0.2) is 0 Å². The van der Waals surface area contributed by atoms with Gasteiger partial charge in [0.1, 0.15) is 16.6 Å². The van der Waals surface area contributed by atoms with E-state index >= 15 is 0 Å². The summed E-state index contributed by atoms with van der Waals surface area (Å²) >= 11 is 5.56. The molecule has 0 saturated carbocycles. The van der Waals surface area contributed by atoms with E-state index in [1.807, 2.05) is 26.0 Å². The van der Waals surface area contributed by atoms with Gasteiger partial charge < -0.3 is 19.9 Å². The Morgan fingerprint density at radius 1 is 1.28 bits per heavy atom. The summed E-state index contributed by atoms with van der Waals surface area (Å²) < 4.78 is 26.1. The molecule has 0 bridgehead atoms. The van der Waals surface area contributed by atoms with Crippen LogP contribution in [0.15, 0.2) is 30.3 Å². The minimum atomic E-state index is -0.970. The van der Waals surface area contributed by atoms with Crippen molar-refractivity contribution in [3.63, 3.8) is 0 Å². The number of anilines is 1. The molecule has 2 aromatic carbocycles. The first-order valence-electron chi connectivity index (χ1n) is 11.0. The topological polar surface area (TPSA) is 67.8 Å². The van der Waals surface area contributed by atoms with Crippen molar-refractivity contribution in [1.29, 1.82) is 0 Å². The molecule has 2 unspecified atom stereocenters.